The van der Waals surface area contributed by atoms with Gasteiger partial charge in [-0.05, 0) is 107 Å². The van der Waals surface area contributed by atoms with Crippen molar-refractivity contribution in [2.75, 3.05) is 0 Å². The van der Waals surface area contributed by atoms with Gasteiger partial charge in [-0.15, -0.1) is 0 Å². The van der Waals surface area contributed by atoms with Crippen molar-refractivity contribution in [3.05, 3.63) is 116 Å². The fourth-order valence-corrected chi connectivity index (χ4v) is 6.91. The Morgan fingerprint density at radius 1 is 0.688 bits per heavy atom. The molecule has 2 aromatic rings. The molecule has 2 aromatic heterocycles. The highest BCUT2D eigenvalue weighted by molar-refractivity contribution is 9.09. The lowest BCUT2D eigenvalue weighted by Crippen LogP contribution is -2.08. The number of hydrogen-bond donors (Lipinski definition) is 0. The van der Waals surface area contributed by atoms with Gasteiger partial charge in [-0.2, -0.15) is 0 Å². The highest BCUT2D eigenvalue weighted by atomic mass is 79.9. The van der Waals surface area contributed by atoms with Gasteiger partial charge in [0.15, 0.2) is 0 Å². The first kappa shape index (κ1) is 20.3. The molecular formula is C28H22Br2N2. The van der Waals surface area contributed by atoms with Crippen LogP contribution in [0.4, 0.5) is 0 Å². The number of halogens is 2. The lowest BCUT2D eigenvalue weighted by Gasteiger charge is -2.24. The number of alkyl halides is 2. The molecule has 32 heavy (non-hydrogen) atoms. The number of aromatic nitrogens is 2. The fraction of sp³-hybridized carbons (Fsp3) is 0.214. The van der Waals surface area contributed by atoms with E-state index in [1.54, 1.807) is 0 Å². The van der Waals surface area contributed by atoms with Crippen LogP contribution in [0.15, 0.2) is 93.4 Å². The number of nitrogens with zero attached hydrogens (tertiary/aromatic N) is 2. The van der Waals surface area contributed by atoms with Gasteiger partial charge >= 0.3 is 0 Å². The zero-order valence-electron chi connectivity index (χ0n) is 18.0. The number of allylic oxidation sites excluding steroid dienone is 10. The van der Waals surface area contributed by atoms with Crippen LogP contribution in [0, 0.1) is 0 Å². The molecule has 6 rings (SSSR count). The van der Waals surface area contributed by atoms with Crippen molar-refractivity contribution in [2.45, 2.75) is 36.3 Å². The lowest BCUT2D eigenvalue weighted by molar-refractivity contribution is 0.927. The smallest absolute Gasteiger partial charge is 0.0682 e. The van der Waals surface area contributed by atoms with E-state index in [4.69, 9.17) is 0 Å². The normalized spacial score (nSPS) is 23.1. The average molecular weight is 546 g/mol. The Morgan fingerprint density at radius 3 is 1.56 bits per heavy atom. The SMILES string of the molecule is CC1=C(CCC2=C(C)C=C3C2=Cc2ncccc2C3Br)C2=Cc3ncccc3C(Br)C2=C1. The van der Waals surface area contributed by atoms with E-state index in [1.807, 2.05) is 24.5 Å². The van der Waals surface area contributed by atoms with E-state index in [-0.39, 0.29) is 9.65 Å². The molecule has 158 valence electrons. The van der Waals surface area contributed by atoms with Crippen molar-refractivity contribution in [3.8, 4) is 0 Å². The molecule has 4 heteroatoms. The quantitative estimate of drug-likeness (QED) is 0.364. The van der Waals surface area contributed by atoms with Crippen LogP contribution in [0.1, 0.15) is 58.9 Å². The summed E-state index contributed by atoms with van der Waals surface area (Å²) in [4.78, 5) is 9.67. The molecule has 0 saturated carbocycles. The highest BCUT2D eigenvalue weighted by Crippen LogP contribution is 2.52. The van der Waals surface area contributed by atoms with Crippen LogP contribution in [0.3, 0.4) is 0 Å². The summed E-state index contributed by atoms with van der Waals surface area (Å²) in [5.41, 5.74) is 15.7. The molecule has 0 bridgehead atoms. The molecule has 4 aliphatic carbocycles. The number of pyridine rings is 2. The summed E-state index contributed by atoms with van der Waals surface area (Å²) in [6.07, 6.45) is 15.1. The van der Waals surface area contributed by atoms with Crippen LogP contribution in [-0.2, 0) is 0 Å². The zero-order valence-corrected chi connectivity index (χ0v) is 21.2. The molecular weight excluding hydrogens is 524 g/mol. The van der Waals surface area contributed by atoms with Gasteiger partial charge in [0, 0.05) is 12.4 Å². The second-order valence-electron chi connectivity index (χ2n) is 8.82. The third-order valence-electron chi connectivity index (χ3n) is 6.99. The Morgan fingerprint density at radius 2 is 1.12 bits per heavy atom. The standard InChI is InChI=1S/C28H22Br2N2/c1-15-11-23-21(13-25-19(27(23)29)5-3-9-31-25)17(15)7-8-18-16(2)12-24-22(18)14-26-20(28(24)30)6-4-10-32-26/h3-6,9-14,27-28H,7-8H2,1-2H3. The molecule has 2 heterocycles. The predicted molar refractivity (Wildman–Crippen MR) is 139 cm³/mol. The molecule has 0 fully saturated rings. The molecule has 0 N–H and O–H groups in total. The second kappa shape index (κ2) is 7.64. The van der Waals surface area contributed by atoms with Crippen molar-refractivity contribution in [3.63, 3.8) is 0 Å². The maximum absolute atomic E-state index is 4.63. The summed E-state index contributed by atoms with van der Waals surface area (Å²) in [6.45, 7) is 4.49. The molecule has 2 atom stereocenters. The van der Waals surface area contributed by atoms with Gasteiger partial charge in [0.05, 0.1) is 21.0 Å². The molecule has 0 spiro atoms. The van der Waals surface area contributed by atoms with Crippen molar-refractivity contribution in [2.24, 2.45) is 0 Å². The minimum absolute atomic E-state index is 0.206. The maximum atomic E-state index is 4.63. The monoisotopic (exact) mass is 544 g/mol. The summed E-state index contributed by atoms with van der Waals surface area (Å²) >= 11 is 7.86. The van der Waals surface area contributed by atoms with Gasteiger partial charge in [-0.25, -0.2) is 0 Å². The Hall–Kier alpha value is -2.30. The number of hydrogen-bond acceptors (Lipinski definition) is 2. The Kier molecular flexibility index (Phi) is 4.85. The third-order valence-corrected chi connectivity index (χ3v) is 8.96. The Bertz CT molecular complexity index is 1260. The molecule has 0 amide bonds. The van der Waals surface area contributed by atoms with Crippen molar-refractivity contribution in [1.82, 2.24) is 9.97 Å². The van der Waals surface area contributed by atoms with E-state index < -0.39 is 0 Å². The minimum atomic E-state index is 0.206. The molecule has 2 unspecified atom stereocenters. The molecule has 2 nitrogen and oxygen atoms in total. The Labute approximate surface area is 205 Å². The first-order chi connectivity index (χ1) is 15.5. The molecule has 0 radical (unpaired) electrons. The average Bonchev–Trinajstić information content (AvgIpc) is 3.29. The van der Waals surface area contributed by atoms with Gasteiger partial charge in [-0.3, -0.25) is 9.97 Å². The van der Waals surface area contributed by atoms with Crippen LogP contribution < -0.4 is 0 Å². The van der Waals surface area contributed by atoms with E-state index in [9.17, 15) is 0 Å². The van der Waals surface area contributed by atoms with E-state index in [2.05, 4.69) is 92.1 Å². The highest BCUT2D eigenvalue weighted by Gasteiger charge is 2.33. The van der Waals surface area contributed by atoms with Crippen molar-refractivity contribution >= 4 is 44.0 Å². The summed E-state index contributed by atoms with van der Waals surface area (Å²) < 4.78 is 0. The van der Waals surface area contributed by atoms with Gasteiger partial charge in [0.25, 0.3) is 0 Å². The van der Waals surface area contributed by atoms with E-state index in [1.165, 1.54) is 55.7 Å². The Balaban J connectivity index is 1.31. The van der Waals surface area contributed by atoms with Crippen LogP contribution in [0.5, 0.6) is 0 Å². The molecule has 0 aliphatic heterocycles. The molecule has 0 aromatic carbocycles. The zero-order chi connectivity index (χ0) is 22.0. The van der Waals surface area contributed by atoms with Gasteiger partial charge < -0.3 is 0 Å². The van der Waals surface area contributed by atoms with Crippen LogP contribution in [0.2, 0.25) is 0 Å². The van der Waals surface area contributed by atoms with Crippen molar-refractivity contribution in [1.29, 1.82) is 0 Å². The predicted octanol–water partition coefficient (Wildman–Crippen LogP) is 8.14. The molecule has 0 saturated heterocycles. The van der Waals surface area contributed by atoms with E-state index in [0.717, 1.165) is 24.2 Å². The summed E-state index contributed by atoms with van der Waals surface area (Å²) in [7, 11) is 0. The van der Waals surface area contributed by atoms with E-state index >= 15 is 0 Å². The second-order valence-corrected chi connectivity index (χ2v) is 10.7. The van der Waals surface area contributed by atoms with Crippen molar-refractivity contribution < 1.29 is 0 Å². The topological polar surface area (TPSA) is 25.8 Å². The molecule has 4 aliphatic rings. The first-order valence-electron chi connectivity index (χ1n) is 11.0. The maximum Gasteiger partial charge on any atom is 0.0682 e. The fourth-order valence-electron chi connectivity index (χ4n) is 5.38. The van der Waals surface area contributed by atoms with Gasteiger partial charge in [0.1, 0.15) is 0 Å². The summed E-state index contributed by atoms with van der Waals surface area (Å²) in [5, 5.41) is 0. The minimum Gasteiger partial charge on any atom is -0.257 e. The van der Waals surface area contributed by atoms with E-state index in [0.29, 0.717) is 0 Å². The number of fused-ring (bicyclic) bond motifs is 4. The van der Waals surface area contributed by atoms with Gasteiger partial charge in [-0.1, -0.05) is 56.1 Å². The summed E-state index contributed by atoms with van der Waals surface area (Å²) in [5.74, 6) is 0. The van der Waals surface area contributed by atoms with Crippen LogP contribution in [0.25, 0.3) is 12.2 Å². The summed E-state index contributed by atoms with van der Waals surface area (Å²) in [6, 6.07) is 8.37. The third kappa shape index (κ3) is 3.03. The van der Waals surface area contributed by atoms with Crippen LogP contribution in [-0.4, -0.2) is 9.97 Å². The number of rotatable bonds is 3. The largest absolute Gasteiger partial charge is 0.257 e. The first-order valence-corrected chi connectivity index (χ1v) is 12.8. The van der Waals surface area contributed by atoms with Gasteiger partial charge in [0.2, 0.25) is 0 Å². The lowest BCUT2D eigenvalue weighted by atomic mass is 9.85. The van der Waals surface area contributed by atoms with Crippen LogP contribution >= 0.6 is 31.9 Å².